The van der Waals surface area contributed by atoms with Gasteiger partial charge in [0.1, 0.15) is 11.4 Å². The number of unbranched alkanes of at least 4 members (excludes halogenated alkanes) is 1. The first-order valence-electron chi connectivity index (χ1n) is 6.79. The van der Waals surface area contributed by atoms with E-state index in [1.807, 2.05) is 6.92 Å². The van der Waals surface area contributed by atoms with Crippen molar-refractivity contribution in [3.05, 3.63) is 35.1 Å². The lowest BCUT2D eigenvalue weighted by atomic mass is 9.86. The van der Waals surface area contributed by atoms with Gasteiger partial charge in [-0.3, -0.25) is 0 Å². The molecular formula is C15H22F3NO. The summed E-state index contributed by atoms with van der Waals surface area (Å²) in [7, 11) is 0. The van der Waals surface area contributed by atoms with Crippen LogP contribution in [0.2, 0.25) is 0 Å². The molecule has 0 spiro atoms. The van der Waals surface area contributed by atoms with Crippen LogP contribution in [0.5, 0.6) is 0 Å². The van der Waals surface area contributed by atoms with Crippen LogP contribution in [0, 0.1) is 5.82 Å². The molecule has 2 atom stereocenters. The van der Waals surface area contributed by atoms with Crippen molar-refractivity contribution in [3.8, 4) is 0 Å². The molecule has 20 heavy (non-hydrogen) atoms. The maximum Gasteiger partial charge on any atom is 0.303 e. The van der Waals surface area contributed by atoms with Gasteiger partial charge in [-0.25, -0.2) is 4.39 Å². The van der Waals surface area contributed by atoms with Gasteiger partial charge in [-0.15, -0.1) is 0 Å². The molecule has 1 aromatic rings. The zero-order valence-electron chi connectivity index (χ0n) is 12.1. The average molecular weight is 289 g/mol. The van der Waals surface area contributed by atoms with E-state index in [0.29, 0.717) is 12.8 Å². The molecule has 3 N–H and O–H groups in total. The summed E-state index contributed by atoms with van der Waals surface area (Å²) in [5.41, 5.74) is 2.50. The van der Waals surface area contributed by atoms with E-state index in [0.717, 1.165) is 13.0 Å². The lowest BCUT2D eigenvalue weighted by Crippen LogP contribution is -2.44. The van der Waals surface area contributed by atoms with Gasteiger partial charge in [0.25, 0.3) is 0 Å². The van der Waals surface area contributed by atoms with Gasteiger partial charge in [0.15, 0.2) is 0 Å². The quantitative estimate of drug-likeness (QED) is 0.835. The average Bonchev–Trinajstić information content (AvgIpc) is 2.35. The number of benzene rings is 1. The number of nitrogens with two attached hydrogens (primary N) is 1. The third-order valence-electron chi connectivity index (χ3n) is 3.55. The number of halogens is 3. The maximum absolute atomic E-state index is 14.4. The van der Waals surface area contributed by atoms with Crippen molar-refractivity contribution in [2.75, 3.05) is 0 Å². The van der Waals surface area contributed by atoms with E-state index in [4.69, 9.17) is 5.73 Å². The minimum Gasteiger partial charge on any atom is -0.384 e. The zero-order chi connectivity index (χ0) is 15.6. The Kier molecular flexibility index (Phi) is 5.21. The number of aliphatic hydroxyl groups is 1. The van der Waals surface area contributed by atoms with Crippen LogP contribution in [0.4, 0.5) is 13.2 Å². The van der Waals surface area contributed by atoms with E-state index in [-0.39, 0.29) is 12.0 Å². The fourth-order valence-corrected chi connectivity index (χ4v) is 2.11. The maximum atomic E-state index is 14.4. The van der Waals surface area contributed by atoms with Gasteiger partial charge in [-0.2, -0.15) is 8.78 Å². The molecule has 0 aromatic heterocycles. The number of rotatable bonds is 6. The Hall–Kier alpha value is -1.07. The van der Waals surface area contributed by atoms with Crippen LogP contribution in [-0.2, 0) is 5.92 Å². The van der Waals surface area contributed by atoms with E-state index in [9.17, 15) is 18.3 Å². The second kappa shape index (κ2) is 6.14. The summed E-state index contributed by atoms with van der Waals surface area (Å²) in [6.45, 7) is 4.40. The monoisotopic (exact) mass is 289 g/mol. The molecule has 1 rings (SSSR count). The number of alkyl halides is 2. The minimum absolute atomic E-state index is 0.0217. The Bertz CT molecular complexity index is 458. The van der Waals surface area contributed by atoms with Crippen LogP contribution in [-0.4, -0.2) is 10.7 Å². The summed E-state index contributed by atoms with van der Waals surface area (Å²) in [5, 5.41) is 10.0. The largest absolute Gasteiger partial charge is 0.384 e. The van der Waals surface area contributed by atoms with Crippen molar-refractivity contribution in [3.63, 3.8) is 0 Å². The summed E-state index contributed by atoms with van der Waals surface area (Å²) >= 11 is 0. The van der Waals surface area contributed by atoms with Gasteiger partial charge in [0.05, 0.1) is 5.56 Å². The summed E-state index contributed by atoms with van der Waals surface area (Å²) in [6, 6.07) is 3.02. The minimum atomic E-state index is -3.67. The molecule has 0 amide bonds. The molecule has 5 heteroatoms. The van der Waals surface area contributed by atoms with Gasteiger partial charge in [0.2, 0.25) is 0 Å². The van der Waals surface area contributed by atoms with Crippen molar-refractivity contribution >= 4 is 0 Å². The SMILES string of the molecule is CCCCC(C)(O)C(F)(F)c1cccc([C@@H](C)N)c1F. The Morgan fingerprint density at radius 3 is 2.45 bits per heavy atom. The number of hydrogen-bond acceptors (Lipinski definition) is 2. The standard InChI is InChI=1S/C15H22F3NO/c1-4-5-9-14(3,20)15(17,18)12-8-6-7-11(10(2)19)13(12)16/h6-8,10,20H,4-5,9,19H2,1-3H3/t10-,14?/m1/s1. The summed E-state index contributed by atoms with van der Waals surface area (Å²) in [4.78, 5) is 0. The first-order valence-corrected chi connectivity index (χ1v) is 6.79. The first-order chi connectivity index (χ1) is 9.15. The third kappa shape index (κ3) is 3.15. The molecule has 0 radical (unpaired) electrons. The van der Waals surface area contributed by atoms with Crippen LogP contribution < -0.4 is 5.73 Å². The Balaban J connectivity index is 3.24. The van der Waals surface area contributed by atoms with Crippen molar-refractivity contribution in [2.24, 2.45) is 5.73 Å². The highest BCUT2D eigenvalue weighted by Gasteiger charge is 2.51. The van der Waals surface area contributed by atoms with E-state index in [2.05, 4.69) is 0 Å². The molecule has 0 aliphatic carbocycles. The van der Waals surface area contributed by atoms with Crippen molar-refractivity contribution in [1.29, 1.82) is 0 Å². The lowest BCUT2D eigenvalue weighted by molar-refractivity contribution is -0.184. The second-order valence-electron chi connectivity index (χ2n) is 5.45. The van der Waals surface area contributed by atoms with E-state index >= 15 is 0 Å². The normalized spacial score (nSPS) is 16.8. The molecule has 0 saturated heterocycles. The van der Waals surface area contributed by atoms with Gasteiger partial charge in [0, 0.05) is 11.6 Å². The highest BCUT2D eigenvalue weighted by molar-refractivity contribution is 5.32. The van der Waals surface area contributed by atoms with Crippen LogP contribution in [0.25, 0.3) is 0 Å². The van der Waals surface area contributed by atoms with Gasteiger partial charge >= 0.3 is 5.92 Å². The summed E-state index contributed by atoms with van der Waals surface area (Å²) < 4.78 is 43.1. The predicted octanol–water partition coefficient (Wildman–Crippen LogP) is 3.88. The van der Waals surface area contributed by atoms with Crippen LogP contribution >= 0.6 is 0 Å². The highest BCUT2D eigenvalue weighted by Crippen LogP contribution is 2.43. The van der Waals surface area contributed by atoms with Crippen molar-refractivity contribution in [2.45, 2.75) is 57.6 Å². The summed E-state index contributed by atoms with van der Waals surface area (Å²) in [5.74, 6) is -4.71. The van der Waals surface area contributed by atoms with Crippen LogP contribution in [0.3, 0.4) is 0 Å². The van der Waals surface area contributed by atoms with Gasteiger partial charge in [-0.1, -0.05) is 31.9 Å². The fourth-order valence-electron chi connectivity index (χ4n) is 2.11. The van der Waals surface area contributed by atoms with Crippen LogP contribution in [0.15, 0.2) is 18.2 Å². The van der Waals surface area contributed by atoms with E-state index in [1.165, 1.54) is 19.1 Å². The molecule has 1 aromatic carbocycles. The van der Waals surface area contributed by atoms with E-state index in [1.54, 1.807) is 0 Å². The smallest absolute Gasteiger partial charge is 0.303 e. The molecule has 0 aliphatic rings. The lowest BCUT2D eigenvalue weighted by Gasteiger charge is -2.33. The molecule has 0 bridgehead atoms. The predicted molar refractivity (Wildman–Crippen MR) is 73.0 cm³/mol. The molecule has 0 heterocycles. The van der Waals surface area contributed by atoms with Gasteiger partial charge in [-0.05, 0) is 26.3 Å². The molecular weight excluding hydrogens is 267 g/mol. The fraction of sp³-hybridized carbons (Fsp3) is 0.600. The third-order valence-corrected chi connectivity index (χ3v) is 3.55. The second-order valence-corrected chi connectivity index (χ2v) is 5.45. The topological polar surface area (TPSA) is 46.2 Å². The van der Waals surface area contributed by atoms with E-state index < -0.39 is 28.9 Å². The first kappa shape index (κ1) is 17.0. The molecule has 2 nitrogen and oxygen atoms in total. The Morgan fingerprint density at radius 2 is 1.95 bits per heavy atom. The molecule has 0 saturated carbocycles. The molecule has 0 fully saturated rings. The van der Waals surface area contributed by atoms with Gasteiger partial charge < -0.3 is 10.8 Å². The number of hydrogen-bond donors (Lipinski definition) is 2. The molecule has 0 aliphatic heterocycles. The van der Waals surface area contributed by atoms with Crippen molar-refractivity contribution < 1.29 is 18.3 Å². The molecule has 1 unspecified atom stereocenters. The zero-order valence-corrected chi connectivity index (χ0v) is 12.1. The molecule has 114 valence electrons. The van der Waals surface area contributed by atoms with Crippen LogP contribution in [0.1, 0.15) is 57.2 Å². The van der Waals surface area contributed by atoms with Crippen molar-refractivity contribution in [1.82, 2.24) is 0 Å². The summed E-state index contributed by atoms with van der Waals surface area (Å²) in [6.07, 6.45) is 1.02. The highest BCUT2D eigenvalue weighted by atomic mass is 19.3. The Labute approximate surface area is 117 Å². The Morgan fingerprint density at radius 1 is 1.35 bits per heavy atom.